The van der Waals surface area contributed by atoms with Crippen molar-refractivity contribution in [1.82, 2.24) is 5.32 Å². The van der Waals surface area contributed by atoms with E-state index in [0.717, 1.165) is 29.7 Å². The number of rotatable bonds is 5. The molecule has 0 bridgehead atoms. The lowest BCUT2D eigenvalue weighted by molar-refractivity contribution is -0.175. The van der Waals surface area contributed by atoms with Gasteiger partial charge in [0.15, 0.2) is 5.79 Å². The molecule has 1 aromatic rings. The lowest BCUT2D eigenvalue weighted by Crippen LogP contribution is -2.38. The van der Waals surface area contributed by atoms with Crippen LogP contribution in [0.25, 0.3) is 0 Å². The molecule has 1 saturated heterocycles. The van der Waals surface area contributed by atoms with Crippen molar-refractivity contribution in [2.24, 2.45) is 0 Å². The number of carbonyl (C=O) groups is 1. The second-order valence-corrected chi connectivity index (χ2v) is 6.73. The van der Waals surface area contributed by atoms with Gasteiger partial charge in [-0.15, -0.1) is 11.3 Å². The molecule has 1 fully saturated rings. The van der Waals surface area contributed by atoms with E-state index in [4.69, 9.17) is 9.47 Å². The molecule has 21 heavy (non-hydrogen) atoms. The van der Waals surface area contributed by atoms with Crippen molar-refractivity contribution in [3.63, 3.8) is 0 Å². The van der Waals surface area contributed by atoms with Crippen molar-refractivity contribution in [3.05, 3.63) is 21.4 Å². The summed E-state index contributed by atoms with van der Waals surface area (Å²) in [6.07, 6.45) is 3.50. The average molecular weight is 311 g/mol. The molecule has 2 N–H and O–H groups in total. The molecule has 1 spiro atoms. The molecule has 1 aliphatic heterocycles. The van der Waals surface area contributed by atoms with Crippen molar-refractivity contribution in [3.8, 4) is 0 Å². The average Bonchev–Trinajstić information content (AvgIpc) is 3.07. The Labute approximate surface area is 128 Å². The van der Waals surface area contributed by atoms with Gasteiger partial charge in [0.1, 0.15) is 6.04 Å². The molecule has 3 rings (SSSR count). The largest absolute Gasteiger partial charge is 0.480 e. The number of ether oxygens (including phenoxy) is 2. The lowest BCUT2D eigenvalue weighted by atomic mass is 9.92. The number of hydrogen-bond donors (Lipinski definition) is 2. The van der Waals surface area contributed by atoms with Crippen LogP contribution in [0.3, 0.4) is 0 Å². The van der Waals surface area contributed by atoms with Gasteiger partial charge >= 0.3 is 5.97 Å². The fourth-order valence-corrected chi connectivity index (χ4v) is 4.47. The topological polar surface area (TPSA) is 67.8 Å². The Bertz CT molecular complexity index is 522. The molecule has 0 amide bonds. The van der Waals surface area contributed by atoms with Crippen LogP contribution in [-0.4, -0.2) is 36.9 Å². The Hall–Kier alpha value is -0.950. The second-order valence-electron chi connectivity index (χ2n) is 5.51. The Kier molecular flexibility index (Phi) is 4.31. The molecule has 2 heterocycles. The van der Waals surface area contributed by atoms with Gasteiger partial charge in [-0.1, -0.05) is 6.92 Å². The standard InChI is InChI=1S/C15H21NO4S/c1-2-16-12(14(17)18)9-10-8-11-13(21-10)4-3-5-15(11)19-6-7-20-15/h8,12,16H,2-7,9H2,1H3,(H,17,18). The lowest BCUT2D eigenvalue weighted by Gasteiger charge is -2.31. The van der Waals surface area contributed by atoms with E-state index in [-0.39, 0.29) is 0 Å². The summed E-state index contributed by atoms with van der Waals surface area (Å²) >= 11 is 1.70. The van der Waals surface area contributed by atoms with E-state index in [0.29, 0.717) is 26.2 Å². The number of hydrogen-bond acceptors (Lipinski definition) is 5. The first-order valence-electron chi connectivity index (χ1n) is 7.51. The minimum Gasteiger partial charge on any atom is -0.480 e. The number of nitrogens with one attached hydrogen (secondary N) is 1. The van der Waals surface area contributed by atoms with Crippen LogP contribution in [0.15, 0.2) is 6.07 Å². The molecule has 1 aliphatic carbocycles. The Balaban J connectivity index is 1.83. The van der Waals surface area contributed by atoms with E-state index < -0.39 is 17.8 Å². The van der Waals surface area contributed by atoms with Gasteiger partial charge in [0.25, 0.3) is 0 Å². The van der Waals surface area contributed by atoms with Crippen LogP contribution in [0.5, 0.6) is 0 Å². The molecule has 0 saturated carbocycles. The first-order valence-corrected chi connectivity index (χ1v) is 8.32. The quantitative estimate of drug-likeness (QED) is 0.869. The maximum Gasteiger partial charge on any atom is 0.321 e. The predicted molar refractivity (Wildman–Crippen MR) is 79.6 cm³/mol. The summed E-state index contributed by atoms with van der Waals surface area (Å²) in [5.41, 5.74) is 1.13. The highest BCUT2D eigenvalue weighted by atomic mass is 32.1. The monoisotopic (exact) mass is 311 g/mol. The van der Waals surface area contributed by atoms with Gasteiger partial charge in [-0.3, -0.25) is 4.79 Å². The van der Waals surface area contributed by atoms with Gasteiger partial charge in [0.2, 0.25) is 0 Å². The third-order valence-corrected chi connectivity index (χ3v) is 5.30. The zero-order valence-corrected chi connectivity index (χ0v) is 13.0. The molecule has 2 aliphatic rings. The first-order chi connectivity index (χ1) is 10.1. The molecule has 6 heteroatoms. The number of carboxylic acids is 1. The van der Waals surface area contributed by atoms with Crippen LogP contribution in [0.1, 0.15) is 35.1 Å². The zero-order valence-electron chi connectivity index (χ0n) is 12.2. The molecule has 0 radical (unpaired) electrons. The summed E-state index contributed by atoms with van der Waals surface area (Å²) in [5.74, 6) is -1.36. The number of carboxylic acid groups (broad SMARTS) is 1. The fourth-order valence-electron chi connectivity index (χ4n) is 3.16. The maximum absolute atomic E-state index is 11.3. The zero-order chi connectivity index (χ0) is 14.9. The second kappa shape index (κ2) is 6.04. The van der Waals surface area contributed by atoms with E-state index in [9.17, 15) is 9.90 Å². The van der Waals surface area contributed by atoms with Gasteiger partial charge in [0, 0.05) is 28.2 Å². The van der Waals surface area contributed by atoms with Gasteiger partial charge in [0.05, 0.1) is 13.2 Å². The summed E-state index contributed by atoms with van der Waals surface area (Å²) < 4.78 is 11.7. The summed E-state index contributed by atoms with van der Waals surface area (Å²) in [6.45, 7) is 3.85. The number of aliphatic carboxylic acids is 1. The smallest absolute Gasteiger partial charge is 0.321 e. The van der Waals surface area contributed by atoms with Gasteiger partial charge in [-0.2, -0.15) is 0 Å². The molecular formula is C15H21NO4S. The first kappa shape index (κ1) is 15.0. The van der Waals surface area contributed by atoms with Crippen LogP contribution in [-0.2, 0) is 32.9 Å². The maximum atomic E-state index is 11.3. The summed E-state index contributed by atoms with van der Waals surface area (Å²) in [7, 11) is 0. The number of aryl methyl sites for hydroxylation is 1. The minimum absolute atomic E-state index is 0.511. The number of thiophene rings is 1. The summed E-state index contributed by atoms with van der Waals surface area (Å²) in [6, 6.07) is 1.56. The Morgan fingerprint density at radius 3 is 2.95 bits per heavy atom. The number of fused-ring (bicyclic) bond motifs is 2. The third kappa shape index (κ3) is 2.85. The molecule has 1 aromatic heterocycles. The van der Waals surface area contributed by atoms with Gasteiger partial charge in [-0.25, -0.2) is 0 Å². The van der Waals surface area contributed by atoms with Crippen molar-refractivity contribution in [2.75, 3.05) is 19.8 Å². The van der Waals surface area contributed by atoms with Crippen molar-refractivity contribution in [2.45, 2.75) is 44.4 Å². The van der Waals surface area contributed by atoms with Crippen LogP contribution >= 0.6 is 11.3 Å². The Morgan fingerprint density at radius 2 is 2.29 bits per heavy atom. The molecule has 1 unspecified atom stereocenters. The molecule has 5 nitrogen and oxygen atoms in total. The normalized spacial score (nSPS) is 21.4. The fraction of sp³-hybridized carbons (Fsp3) is 0.667. The molecule has 1 atom stereocenters. The van der Waals surface area contributed by atoms with Crippen LogP contribution in [0.4, 0.5) is 0 Å². The van der Waals surface area contributed by atoms with Gasteiger partial charge < -0.3 is 19.9 Å². The van der Waals surface area contributed by atoms with Crippen molar-refractivity contribution < 1.29 is 19.4 Å². The SMILES string of the molecule is CCNC(Cc1cc2c(s1)CCCC21OCCO1)C(=O)O. The highest BCUT2D eigenvalue weighted by Gasteiger charge is 2.43. The molecule has 0 aromatic carbocycles. The Morgan fingerprint density at radius 1 is 1.52 bits per heavy atom. The third-order valence-electron chi connectivity index (χ3n) is 4.09. The predicted octanol–water partition coefficient (Wildman–Crippen LogP) is 1.89. The summed E-state index contributed by atoms with van der Waals surface area (Å²) in [5, 5.41) is 12.3. The van der Waals surface area contributed by atoms with Crippen LogP contribution < -0.4 is 5.32 Å². The van der Waals surface area contributed by atoms with Crippen molar-refractivity contribution in [1.29, 1.82) is 0 Å². The minimum atomic E-state index is -0.800. The van der Waals surface area contributed by atoms with E-state index in [1.807, 2.05) is 6.92 Å². The van der Waals surface area contributed by atoms with E-state index >= 15 is 0 Å². The summed E-state index contributed by atoms with van der Waals surface area (Å²) in [4.78, 5) is 13.7. The molecule has 116 valence electrons. The molecular weight excluding hydrogens is 290 g/mol. The van der Waals surface area contributed by atoms with Crippen molar-refractivity contribution >= 4 is 17.3 Å². The highest BCUT2D eigenvalue weighted by molar-refractivity contribution is 7.12. The van der Waals surface area contributed by atoms with E-state index in [2.05, 4.69) is 11.4 Å². The van der Waals surface area contributed by atoms with E-state index in [1.54, 1.807) is 11.3 Å². The van der Waals surface area contributed by atoms with Gasteiger partial charge in [-0.05, 0) is 25.5 Å². The van der Waals surface area contributed by atoms with Crippen LogP contribution in [0.2, 0.25) is 0 Å². The van der Waals surface area contributed by atoms with E-state index in [1.165, 1.54) is 4.88 Å². The highest BCUT2D eigenvalue weighted by Crippen LogP contribution is 2.45. The number of likely N-dealkylation sites (N-methyl/N-ethyl adjacent to an activating group) is 1. The van der Waals surface area contributed by atoms with Crippen LogP contribution in [0, 0.1) is 0 Å².